The fraction of sp³-hybridized carbons (Fsp3) is 0.478. The van der Waals surface area contributed by atoms with E-state index >= 15 is 0 Å². The van der Waals surface area contributed by atoms with Crippen LogP contribution < -0.4 is 21.5 Å². The van der Waals surface area contributed by atoms with Crippen molar-refractivity contribution in [2.75, 3.05) is 18.0 Å². The maximum absolute atomic E-state index is 13.2. The van der Waals surface area contributed by atoms with E-state index in [1.807, 2.05) is 54.5 Å². The number of nitrogens with zero attached hydrogens (tertiary/aromatic N) is 5. The number of imidazole rings is 1. The molecule has 1 aliphatic heterocycles. The number of aromatic nitrogens is 4. The summed E-state index contributed by atoms with van der Waals surface area (Å²) in [6.07, 6.45) is 0.255. The Morgan fingerprint density at radius 2 is 1.91 bits per heavy atom. The van der Waals surface area contributed by atoms with Crippen molar-refractivity contribution in [3.8, 4) is 0 Å². The molecule has 1 N–H and O–H groups in total. The van der Waals surface area contributed by atoms with Crippen molar-refractivity contribution in [3.05, 3.63) is 54.2 Å². The molecule has 1 saturated heterocycles. The van der Waals surface area contributed by atoms with Crippen LogP contribution in [0.15, 0.2) is 33.9 Å². The van der Waals surface area contributed by atoms with E-state index in [9.17, 15) is 14.4 Å². The standard InChI is InChI=1S/C23H29IN6O4/c1-23(2,3)34-21(32)25-15-10-11-29(13-15)20-26-18-17(19(31)28(5)22(33)27(18)4)30(20)12-14-8-6-7-9-16(14)24/h6-9,15H,10-13H2,1-5H3,(H,25,32)/t15-/m0/s1. The van der Waals surface area contributed by atoms with E-state index in [1.165, 1.54) is 11.6 Å². The Balaban J connectivity index is 1.74. The molecule has 0 radical (unpaired) electrons. The van der Waals surface area contributed by atoms with Crippen molar-refractivity contribution >= 4 is 45.8 Å². The molecule has 1 amide bonds. The summed E-state index contributed by atoms with van der Waals surface area (Å²) in [5.41, 5.74) is 0.385. The second-order valence-electron chi connectivity index (χ2n) is 9.55. The van der Waals surface area contributed by atoms with Crippen LogP contribution in [0.3, 0.4) is 0 Å². The summed E-state index contributed by atoms with van der Waals surface area (Å²) in [6, 6.07) is 7.83. The van der Waals surface area contributed by atoms with E-state index < -0.39 is 17.4 Å². The maximum Gasteiger partial charge on any atom is 0.407 e. The maximum atomic E-state index is 13.2. The third-order valence-corrected chi connectivity index (χ3v) is 6.86. The first-order chi connectivity index (χ1) is 16.0. The van der Waals surface area contributed by atoms with Gasteiger partial charge in [0, 0.05) is 30.8 Å². The largest absolute Gasteiger partial charge is 0.444 e. The summed E-state index contributed by atoms with van der Waals surface area (Å²) in [5.74, 6) is 0.599. The van der Waals surface area contributed by atoms with Crippen LogP contribution in [0.5, 0.6) is 0 Å². The van der Waals surface area contributed by atoms with Gasteiger partial charge in [-0.15, -0.1) is 0 Å². The zero-order chi connectivity index (χ0) is 24.8. The molecule has 4 rings (SSSR count). The second-order valence-corrected chi connectivity index (χ2v) is 10.7. The third kappa shape index (κ3) is 4.70. The zero-order valence-corrected chi connectivity index (χ0v) is 22.1. The van der Waals surface area contributed by atoms with Gasteiger partial charge in [-0.2, -0.15) is 4.98 Å². The molecule has 1 atom stereocenters. The Morgan fingerprint density at radius 1 is 1.21 bits per heavy atom. The predicted octanol–water partition coefficient (Wildman–Crippen LogP) is 2.19. The van der Waals surface area contributed by atoms with Gasteiger partial charge in [0.2, 0.25) is 5.95 Å². The highest BCUT2D eigenvalue weighted by Gasteiger charge is 2.30. The summed E-state index contributed by atoms with van der Waals surface area (Å²) in [5, 5.41) is 2.93. The predicted molar refractivity (Wildman–Crippen MR) is 138 cm³/mol. The molecule has 11 heteroatoms. The van der Waals surface area contributed by atoms with Gasteiger partial charge in [-0.05, 0) is 61.4 Å². The van der Waals surface area contributed by atoms with Gasteiger partial charge in [-0.3, -0.25) is 18.5 Å². The van der Waals surface area contributed by atoms with Gasteiger partial charge < -0.3 is 15.0 Å². The highest BCUT2D eigenvalue weighted by molar-refractivity contribution is 14.1. The SMILES string of the molecule is Cn1c(=O)c2c(nc(N3CC[C@H](NC(=O)OC(C)(C)C)C3)n2Cc2ccccc2I)n(C)c1=O. The Hall–Kier alpha value is -2.83. The van der Waals surface area contributed by atoms with Gasteiger partial charge in [-0.1, -0.05) is 18.2 Å². The van der Waals surface area contributed by atoms with Crippen molar-refractivity contribution in [1.82, 2.24) is 24.0 Å². The fourth-order valence-corrected chi connectivity index (χ4v) is 4.72. The molecule has 0 spiro atoms. The number of amides is 1. The zero-order valence-electron chi connectivity index (χ0n) is 20.0. The number of alkyl carbamates (subject to hydrolysis) is 1. The molecule has 1 fully saturated rings. The van der Waals surface area contributed by atoms with E-state index in [0.29, 0.717) is 43.2 Å². The van der Waals surface area contributed by atoms with E-state index in [-0.39, 0.29) is 11.6 Å². The normalized spacial score (nSPS) is 16.3. The van der Waals surface area contributed by atoms with Crippen molar-refractivity contribution in [1.29, 1.82) is 0 Å². The number of rotatable bonds is 4. The lowest BCUT2D eigenvalue weighted by atomic mass is 10.2. The number of hydrogen-bond acceptors (Lipinski definition) is 6. The van der Waals surface area contributed by atoms with E-state index in [0.717, 1.165) is 13.7 Å². The van der Waals surface area contributed by atoms with Crippen LogP contribution in [0, 0.1) is 3.57 Å². The van der Waals surface area contributed by atoms with Crippen molar-refractivity contribution in [2.45, 2.75) is 45.4 Å². The number of hydrogen-bond donors (Lipinski definition) is 1. The number of halogens is 1. The summed E-state index contributed by atoms with van der Waals surface area (Å²) in [4.78, 5) is 44.8. The van der Waals surface area contributed by atoms with Crippen LogP contribution >= 0.6 is 22.6 Å². The minimum absolute atomic E-state index is 0.119. The van der Waals surface area contributed by atoms with Gasteiger partial charge >= 0.3 is 11.8 Å². The van der Waals surface area contributed by atoms with Gasteiger partial charge in [0.05, 0.1) is 12.6 Å². The summed E-state index contributed by atoms with van der Waals surface area (Å²) >= 11 is 2.28. The van der Waals surface area contributed by atoms with Gasteiger partial charge in [0.1, 0.15) is 5.60 Å². The molecule has 3 aromatic rings. The number of anilines is 1. The number of fused-ring (bicyclic) bond motifs is 1. The van der Waals surface area contributed by atoms with Crippen LogP contribution in [0.25, 0.3) is 11.2 Å². The third-order valence-electron chi connectivity index (χ3n) is 5.81. The average molecular weight is 580 g/mol. The number of carbonyl (C=O) groups excluding carboxylic acids is 1. The molecule has 0 unspecified atom stereocenters. The minimum atomic E-state index is -0.575. The first-order valence-corrected chi connectivity index (χ1v) is 12.2. The molecule has 1 aromatic carbocycles. The molecular formula is C23H29IN6O4. The van der Waals surface area contributed by atoms with E-state index in [4.69, 9.17) is 9.72 Å². The molecule has 0 bridgehead atoms. The number of aryl methyl sites for hydroxylation is 1. The minimum Gasteiger partial charge on any atom is -0.444 e. The first kappa shape index (κ1) is 24.3. The summed E-state index contributed by atoms with van der Waals surface area (Å²) in [7, 11) is 3.10. The lowest BCUT2D eigenvalue weighted by Gasteiger charge is -2.22. The lowest BCUT2D eigenvalue weighted by molar-refractivity contribution is 0.0509. The summed E-state index contributed by atoms with van der Waals surface area (Å²) < 4.78 is 10.8. The fourth-order valence-electron chi connectivity index (χ4n) is 4.16. The number of nitrogens with one attached hydrogen (secondary N) is 1. The highest BCUT2D eigenvalue weighted by atomic mass is 127. The van der Waals surface area contributed by atoms with E-state index in [2.05, 4.69) is 27.9 Å². The Labute approximate surface area is 210 Å². The Kier molecular flexibility index (Phi) is 6.49. The topological polar surface area (TPSA) is 103 Å². The molecule has 2 aromatic heterocycles. The van der Waals surface area contributed by atoms with Gasteiger partial charge in [0.15, 0.2) is 11.2 Å². The first-order valence-electron chi connectivity index (χ1n) is 11.1. The molecule has 34 heavy (non-hydrogen) atoms. The van der Waals surface area contributed by atoms with Gasteiger partial charge in [-0.25, -0.2) is 9.59 Å². The molecule has 1 aliphatic rings. The second kappa shape index (κ2) is 9.08. The number of benzene rings is 1. The van der Waals surface area contributed by atoms with Crippen LogP contribution in [-0.4, -0.2) is 49.5 Å². The molecule has 3 heterocycles. The molecule has 182 valence electrons. The average Bonchev–Trinajstić information content (AvgIpc) is 3.35. The van der Waals surface area contributed by atoms with Crippen molar-refractivity contribution in [2.24, 2.45) is 14.1 Å². The number of carbonyl (C=O) groups is 1. The molecule has 0 saturated carbocycles. The molecular weight excluding hydrogens is 551 g/mol. The summed E-state index contributed by atoms with van der Waals surface area (Å²) in [6.45, 7) is 7.06. The van der Waals surface area contributed by atoms with Crippen LogP contribution in [0.2, 0.25) is 0 Å². The quantitative estimate of drug-likeness (QED) is 0.475. The smallest absolute Gasteiger partial charge is 0.407 e. The molecule has 10 nitrogen and oxygen atoms in total. The van der Waals surface area contributed by atoms with Crippen molar-refractivity contribution < 1.29 is 9.53 Å². The molecule has 0 aliphatic carbocycles. The van der Waals surface area contributed by atoms with Crippen LogP contribution in [-0.2, 0) is 25.4 Å². The number of ether oxygens (including phenoxy) is 1. The van der Waals surface area contributed by atoms with Gasteiger partial charge in [0.25, 0.3) is 5.56 Å². The van der Waals surface area contributed by atoms with Crippen molar-refractivity contribution in [3.63, 3.8) is 0 Å². The van der Waals surface area contributed by atoms with E-state index in [1.54, 1.807) is 7.05 Å². The van der Waals surface area contributed by atoms with Crippen LogP contribution in [0.4, 0.5) is 10.7 Å². The lowest BCUT2D eigenvalue weighted by Crippen LogP contribution is -2.40. The Bertz CT molecular complexity index is 1370. The highest BCUT2D eigenvalue weighted by Crippen LogP contribution is 2.26. The Morgan fingerprint density at radius 3 is 2.59 bits per heavy atom. The van der Waals surface area contributed by atoms with Crippen LogP contribution in [0.1, 0.15) is 32.8 Å². The monoisotopic (exact) mass is 580 g/mol.